The van der Waals surface area contributed by atoms with Crippen LogP contribution in [0.2, 0.25) is 10.0 Å². The molecule has 0 aromatic heterocycles. The van der Waals surface area contributed by atoms with Crippen LogP contribution in [0, 0.1) is 12.7 Å². The minimum atomic E-state index is -0.629. The highest BCUT2D eigenvalue weighted by molar-refractivity contribution is 8.04. The first-order chi connectivity index (χ1) is 11.4. The van der Waals surface area contributed by atoms with E-state index in [4.69, 9.17) is 23.2 Å². The van der Waals surface area contributed by atoms with E-state index in [-0.39, 0.29) is 27.8 Å². The van der Waals surface area contributed by atoms with E-state index >= 15 is 0 Å². The molecule has 7 heteroatoms. The average molecular weight is 384 g/mol. The fraction of sp³-hybridized carbons (Fsp3) is 0.118. The van der Waals surface area contributed by atoms with Gasteiger partial charge in [0.05, 0.1) is 17.1 Å². The number of Topliss-reactive ketones (excluding diaryl/α,β-unsaturated/α-hetero) is 1. The Morgan fingerprint density at radius 1 is 1.21 bits per heavy atom. The van der Waals surface area contributed by atoms with Crippen LogP contribution in [0.3, 0.4) is 0 Å². The SMILES string of the molecule is Cc1cc(F)c(C2=C(O)SN(c3ccc(Cl)cc3)CC2=O)c(Cl)c1. The lowest BCUT2D eigenvalue weighted by molar-refractivity contribution is -0.112. The number of aliphatic hydroxyl groups excluding tert-OH is 1. The summed E-state index contributed by atoms with van der Waals surface area (Å²) in [6, 6.07) is 9.69. The molecule has 0 unspecified atom stereocenters. The molecule has 3 nitrogen and oxygen atoms in total. The number of halogens is 3. The smallest absolute Gasteiger partial charge is 0.188 e. The van der Waals surface area contributed by atoms with Crippen LogP contribution in [-0.4, -0.2) is 17.4 Å². The lowest BCUT2D eigenvalue weighted by Crippen LogP contribution is -2.29. The van der Waals surface area contributed by atoms with Gasteiger partial charge in [0, 0.05) is 28.2 Å². The fourth-order valence-electron chi connectivity index (χ4n) is 2.45. The molecule has 0 fully saturated rings. The van der Waals surface area contributed by atoms with Crippen LogP contribution in [0.4, 0.5) is 10.1 Å². The molecule has 124 valence electrons. The van der Waals surface area contributed by atoms with Gasteiger partial charge in [0.25, 0.3) is 0 Å². The number of anilines is 1. The molecule has 0 saturated heterocycles. The number of carbonyl (C=O) groups excluding carboxylic acids is 1. The molecule has 0 amide bonds. The zero-order chi connectivity index (χ0) is 17.4. The van der Waals surface area contributed by atoms with Gasteiger partial charge in [0.15, 0.2) is 10.9 Å². The molecule has 1 aliphatic rings. The van der Waals surface area contributed by atoms with E-state index in [1.54, 1.807) is 41.6 Å². The predicted molar refractivity (Wildman–Crippen MR) is 97.1 cm³/mol. The summed E-state index contributed by atoms with van der Waals surface area (Å²) in [7, 11) is 0. The van der Waals surface area contributed by atoms with Crippen molar-refractivity contribution in [3.8, 4) is 0 Å². The average Bonchev–Trinajstić information content (AvgIpc) is 2.49. The second kappa shape index (κ2) is 6.67. The Balaban J connectivity index is 2.01. The molecular weight excluding hydrogens is 372 g/mol. The first kappa shape index (κ1) is 17.1. The van der Waals surface area contributed by atoms with Crippen LogP contribution < -0.4 is 4.31 Å². The molecule has 1 aliphatic heterocycles. The monoisotopic (exact) mass is 383 g/mol. The van der Waals surface area contributed by atoms with Gasteiger partial charge in [-0.05, 0) is 48.9 Å². The first-order valence-corrected chi connectivity index (χ1v) is 8.53. The van der Waals surface area contributed by atoms with E-state index in [1.807, 2.05) is 0 Å². The Labute approximate surface area is 152 Å². The van der Waals surface area contributed by atoms with Gasteiger partial charge in [-0.3, -0.25) is 4.79 Å². The molecular formula is C17H12Cl2FNO2S. The topological polar surface area (TPSA) is 40.5 Å². The van der Waals surface area contributed by atoms with Crippen LogP contribution in [0.1, 0.15) is 11.1 Å². The van der Waals surface area contributed by atoms with Gasteiger partial charge in [0.1, 0.15) is 5.82 Å². The summed E-state index contributed by atoms with van der Waals surface area (Å²) in [6.07, 6.45) is 0. The number of ketones is 1. The maximum absolute atomic E-state index is 14.3. The summed E-state index contributed by atoms with van der Waals surface area (Å²) in [5, 5.41) is 10.7. The summed E-state index contributed by atoms with van der Waals surface area (Å²) in [6.45, 7) is 1.68. The first-order valence-electron chi connectivity index (χ1n) is 7.00. The predicted octanol–water partition coefficient (Wildman–Crippen LogP) is 5.41. The second-order valence-electron chi connectivity index (χ2n) is 5.31. The maximum atomic E-state index is 14.3. The van der Waals surface area contributed by atoms with Crippen LogP contribution in [-0.2, 0) is 4.79 Å². The summed E-state index contributed by atoms with van der Waals surface area (Å²) in [5.41, 5.74) is 1.19. The molecule has 3 rings (SSSR count). The van der Waals surface area contributed by atoms with E-state index in [0.29, 0.717) is 16.3 Å². The third-order valence-corrected chi connectivity index (χ3v) is 5.02. The van der Waals surface area contributed by atoms with E-state index in [9.17, 15) is 14.3 Å². The summed E-state index contributed by atoms with van der Waals surface area (Å²) < 4.78 is 15.9. The largest absolute Gasteiger partial charge is 0.500 e. The third kappa shape index (κ3) is 3.24. The van der Waals surface area contributed by atoms with Crippen molar-refractivity contribution in [1.82, 2.24) is 0 Å². The maximum Gasteiger partial charge on any atom is 0.188 e. The number of hydrogen-bond donors (Lipinski definition) is 1. The van der Waals surface area contributed by atoms with Gasteiger partial charge in [-0.25, -0.2) is 4.39 Å². The number of benzene rings is 2. The Hall–Kier alpha value is -1.69. The third-order valence-electron chi connectivity index (χ3n) is 3.53. The number of carbonyl (C=O) groups is 1. The quantitative estimate of drug-likeness (QED) is 0.704. The standard InChI is InChI=1S/C17H12Cl2FNO2S/c1-9-6-12(19)15(13(20)7-9)16-14(22)8-21(24-17(16)23)11-4-2-10(18)3-5-11/h2-7,23H,8H2,1H3. The fourth-order valence-corrected chi connectivity index (χ4v) is 3.86. The van der Waals surface area contributed by atoms with E-state index in [1.165, 1.54) is 6.07 Å². The summed E-state index contributed by atoms with van der Waals surface area (Å²) >= 11 is 12.9. The Kier molecular flexibility index (Phi) is 4.76. The molecule has 0 spiro atoms. The van der Waals surface area contributed by atoms with E-state index < -0.39 is 11.6 Å². The molecule has 2 aromatic carbocycles. The van der Waals surface area contributed by atoms with Crippen LogP contribution in [0.5, 0.6) is 0 Å². The zero-order valence-corrected chi connectivity index (χ0v) is 14.8. The lowest BCUT2D eigenvalue weighted by Gasteiger charge is -2.28. The molecule has 0 radical (unpaired) electrons. The second-order valence-corrected chi connectivity index (χ2v) is 7.16. The van der Waals surface area contributed by atoms with Gasteiger partial charge in [-0.1, -0.05) is 23.2 Å². The number of aryl methyl sites for hydroxylation is 1. The van der Waals surface area contributed by atoms with E-state index in [2.05, 4.69) is 0 Å². The molecule has 1 heterocycles. The molecule has 0 saturated carbocycles. The zero-order valence-electron chi connectivity index (χ0n) is 12.5. The highest BCUT2D eigenvalue weighted by Gasteiger charge is 2.31. The van der Waals surface area contributed by atoms with Crippen molar-refractivity contribution in [2.24, 2.45) is 0 Å². The molecule has 1 N–H and O–H groups in total. The number of hydrogen-bond acceptors (Lipinski definition) is 4. The minimum absolute atomic E-state index is 0.0185. The van der Waals surface area contributed by atoms with Crippen molar-refractivity contribution in [3.63, 3.8) is 0 Å². The number of rotatable bonds is 2. The van der Waals surface area contributed by atoms with Crippen molar-refractivity contribution < 1.29 is 14.3 Å². The highest BCUT2D eigenvalue weighted by atomic mass is 35.5. The molecule has 0 atom stereocenters. The van der Waals surface area contributed by atoms with Crippen molar-refractivity contribution in [2.45, 2.75) is 6.92 Å². The Morgan fingerprint density at radius 2 is 1.88 bits per heavy atom. The highest BCUT2D eigenvalue weighted by Crippen LogP contribution is 2.40. The van der Waals surface area contributed by atoms with Gasteiger partial charge >= 0.3 is 0 Å². The minimum Gasteiger partial charge on any atom is -0.500 e. The molecule has 24 heavy (non-hydrogen) atoms. The normalized spacial score (nSPS) is 15.2. The van der Waals surface area contributed by atoms with Gasteiger partial charge in [-0.15, -0.1) is 0 Å². The molecule has 2 aromatic rings. The van der Waals surface area contributed by atoms with Gasteiger partial charge in [0.2, 0.25) is 0 Å². The number of aliphatic hydroxyl groups is 1. The van der Waals surface area contributed by atoms with Crippen molar-refractivity contribution >= 4 is 52.2 Å². The van der Waals surface area contributed by atoms with Crippen LogP contribution in [0.15, 0.2) is 41.5 Å². The van der Waals surface area contributed by atoms with Crippen LogP contribution in [0.25, 0.3) is 5.57 Å². The van der Waals surface area contributed by atoms with Gasteiger partial charge in [-0.2, -0.15) is 0 Å². The molecule has 0 bridgehead atoms. The van der Waals surface area contributed by atoms with E-state index in [0.717, 1.165) is 11.9 Å². The molecule has 0 aliphatic carbocycles. The number of nitrogens with zero attached hydrogens (tertiary/aromatic N) is 1. The summed E-state index contributed by atoms with van der Waals surface area (Å²) in [5.74, 6) is -1.04. The van der Waals surface area contributed by atoms with Gasteiger partial charge < -0.3 is 9.41 Å². The lowest BCUT2D eigenvalue weighted by atomic mass is 10.0. The van der Waals surface area contributed by atoms with Crippen molar-refractivity contribution in [1.29, 1.82) is 0 Å². The summed E-state index contributed by atoms with van der Waals surface area (Å²) in [4.78, 5) is 12.5. The van der Waals surface area contributed by atoms with Crippen LogP contribution >= 0.6 is 35.1 Å². The van der Waals surface area contributed by atoms with Crippen molar-refractivity contribution in [3.05, 3.63) is 68.5 Å². The van der Waals surface area contributed by atoms with Crippen molar-refractivity contribution in [2.75, 3.05) is 10.8 Å². The Morgan fingerprint density at radius 3 is 2.46 bits per heavy atom. The Bertz CT molecular complexity index is 829.